The van der Waals surface area contributed by atoms with Gasteiger partial charge in [0.05, 0.1) is 5.69 Å². The summed E-state index contributed by atoms with van der Waals surface area (Å²) >= 11 is 0. The van der Waals surface area contributed by atoms with Crippen LogP contribution >= 0.6 is 0 Å². The lowest BCUT2D eigenvalue weighted by Crippen LogP contribution is -2.33. The van der Waals surface area contributed by atoms with Crippen molar-refractivity contribution >= 4 is 23.3 Å². The molecule has 1 aromatic carbocycles. The molecule has 3 rings (SSSR count). The van der Waals surface area contributed by atoms with Crippen molar-refractivity contribution in [2.75, 3.05) is 16.8 Å². The molecule has 1 aromatic heterocycles. The van der Waals surface area contributed by atoms with E-state index in [1.165, 1.54) is 13.0 Å². The van der Waals surface area contributed by atoms with Crippen molar-refractivity contribution in [3.63, 3.8) is 0 Å². The zero-order chi connectivity index (χ0) is 19.0. The van der Waals surface area contributed by atoms with Crippen LogP contribution in [0.3, 0.4) is 0 Å². The largest absolute Gasteiger partial charge is 0.397 e. The zero-order valence-electron chi connectivity index (χ0n) is 13.4. The number of hydrogen-bond acceptors (Lipinski definition) is 8. The summed E-state index contributed by atoms with van der Waals surface area (Å²) < 4.78 is 28.3. The van der Waals surface area contributed by atoms with Gasteiger partial charge in [0, 0.05) is 16.7 Å². The number of halogens is 2. The van der Waals surface area contributed by atoms with Crippen LogP contribution in [0.4, 0.5) is 26.1 Å². The van der Waals surface area contributed by atoms with E-state index in [9.17, 15) is 14.0 Å². The minimum atomic E-state index is -1.05. The lowest BCUT2D eigenvalue weighted by Gasteiger charge is -2.26. The summed E-state index contributed by atoms with van der Waals surface area (Å²) in [5.41, 5.74) is 11.7. The number of hydrogen-bond donors (Lipinski definition) is 4. The minimum Gasteiger partial charge on any atom is -0.397 e. The average Bonchev–Trinajstić information content (AvgIpc) is 2.59. The van der Waals surface area contributed by atoms with Crippen molar-refractivity contribution in [3.8, 4) is 12.3 Å². The zero-order valence-corrected chi connectivity index (χ0v) is 13.4. The minimum absolute atomic E-state index is 0.0117. The van der Waals surface area contributed by atoms with Crippen LogP contribution < -0.4 is 22.1 Å². The molecule has 1 aliphatic rings. The van der Waals surface area contributed by atoms with Gasteiger partial charge in [-0.05, 0) is 13.0 Å². The summed E-state index contributed by atoms with van der Waals surface area (Å²) in [4.78, 5) is 8.28. The molecule has 0 spiro atoms. The molecular weight excluding hydrogens is 342 g/mol. The fourth-order valence-electron chi connectivity index (χ4n) is 2.70. The SMILES string of the molecule is Cc1c(F)ccc(C2N=C(NC#N)Nc3nc(N)c(C#N)c(N)c32)c1F. The smallest absolute Gasteiger partial charge is 0.211 e. The second-order valence-electron chi connectivity index (χ2n) is 5.48. The first-order chi connectivity index (χ1) is 12.4. The Balaban J connectivity index is 2.31. The molecular formula is C16H12F2N8. The molecule has 2 heterocycles. The van der Waals surface area contributed by atoms with Crippen LogP contribution in [0.1, 0.15) is 28.3 Å². The van der Waals surface area contributed by atoms with Gasteiger partial charge in [-0.2, -0.15) is 10.5 Å². The maximum absolute atomic E-state index is 14.7. The summed E-state index contributed by atoms with van der Waals surface area (Å²) in [6.07, 6.45) is 1.69. The van der Waals surface area contributed by atoms with Crippen LogP contribution in [-0.2, 0) is 0 Å². The van der Waals surface area contributed by atoms with Gasteiger partial charge in [-0.1, -0.05) is 6.07 Å². The second kappa shape index (κ2) is 6.18. The van der Waals surface area contributed by atoms with Gasteiger partial charge in [0.15, 0.2) is 6.19 Å². The fraction of sp³-hybridized carbons (Fsp3) is 0.125. The van der Waals surface area contributed by atoms with Gasteiger partial charge in [-0.3, -0.25) is 5.32 Å². The number of nitrogens with one attached hydrogen (secondary N) is 2. The highest BCUT2D eigenvalue weighted by molar-refractivity contribution is 5.98. The van der Waals surface area contributed by atoms with Gasteiger partial charge in [-0.15, -0.1) is 0 Å². The van der Waals surface area contributed by atoms with Gasteiger partial charge >= 0.3 is 0 Å². The predicted molar refractivity (Wildman–Crippen MR) is 90.5 cm³/mol. The number of aromatic nitrogens is 1. The van der Waals surface area contributed by atoms with Gasteiger partial charge in [0.2, 0.25) is 5.96 Å². The predicted octanol–water partition coefficient (Wildman–Crippen LogP) is 1.65. The first kappa shape index (κ1) is 16.9. The molecule has 8 nitrogen and oxygen atoms in total. The van der Waals surface area contributed by atoms with Crippen LogP contribution in [0.5, 0.6) is 0 Å². The second-order valence-corrected chi connectivity index (χ2v) is 5.48. The van der Waals surface area contributed by atoms with E-state index in [-0.39, 0.29) is 45.5 Å². The average molecular weight is 354 g/mol. The maximum Gasteiger partial charge on any atom is 0.211 e. The van der Waals surface area contributed by atoms with E-state index in [2.05, 4.69) is 20.6 Å². The lowest BCUT2D eigenvalue weighted by atomic mass is 9.93. The molecule has 0 amide bonds. The van der Waals surface area contributed by atoms with Crippen LogP contribution in [-0.4, -0.2) is 10.9 Å². The van der Waals surface area contributed by atoms with Gasteiger partial charge in [-0.25, -0.2) is 18.8 Å². The number of rotatable bonds is 1. The number of nitrogens with zero attached hydrogens (tertiary/aromatic N) is 4. The Kier molecular flexibility index (Phi) is 4.02. The van der Waals surface area contributed by atoms with Crippen molar-refractivity contribution in [1.82, 2.24) is 10.3 Å². The Hall–Kier alpha value is -3.92. The topological polar surface area (TPSA) is 149 Å². The van der Waals surface area contributed by atoms with Crippen molar-refractivity contribution < 1.29 is 8.78 Å². The van der Waals surface area contributed by atoms with Gasteiger partial charge < -0.3 is 16.8 Å². The van der Waals surface area contributed by atoms with Gasteiger partial charge in [0.1, 0.15) is 40.9 Å². The number of anilines is 3. The molecule has 10 heteroatoms. The van der Waals surface area contributed by atoms with Gasteiger partial charge in [0.25, 0.3) is 0 Å². The molecule has 0 radical (unpaired) electrons. The molecule has 0 aliphatic carbocycles. The molecule has 130 valence electrons. The number of pyridine rings is 1. The molecule has 1 atom stereocenters. The highest BCUT2D eigenvalue weighted by Crippen LogP contribution is 2.41. The third-order valence-corrected chi connectivity index (χ3v) is 4.00. The van der Waals surface area contributed by atoms with Crippen molar-refractivity contribution in [2.45, 2.75) is 13.0 Å². The van der Waals surface area contributed by atoms with Crippen LogP contribution in [0.25, 0.3) is 0 Å². The van der Waals surface area contributed by atoms with Crippen LogP contribution in [0.2, 0.25) is 0 Å². The number of fused-ring (bicyclic) bond motifs is 1. The van der Waals surface area contributed by atoms with Crippen LogP contribution in [0.15, 0.2) is 17.1 Å². The normalized spacial score (nSPS) is 15.1. The number of guanidine groups is 1. The molecule has 2 aromatic rings. The monoisotopic (exact) mass is 354 g/mol. The maximum atomic E-state index is 14.7. The van der Waals surface area contributed by atoms with Crippen molar-refractivity contribution in [1.29, 1.82) is 10.5 Å². The van der Waals surface area contributed by atoms with E-state index >= 15 is 0 Å². The Bertz CT molecular complexity index is 1030. The molecule has 1 unspecified atom stereocenters. The van der Waals surface area contributed by atoms with E-state index in [1.807, 2.05) is 6.07 Å². The Morgan fingerprint density at radius 3 is 2.65 bits per heavy atom. The van der Waals surface area contributed by atoms with Crippen LogP contribution in [0, 0.1) is 41.3 Å². The highest BCUT2D eigenvalue weighted by Gasteiger charge is 2.31. The molecule has 26 heavy (non-hydrogen) atoms. The third-order valence-electron chi connectivity index (χ3n) is 4.00. The molecule has 0 saturated carbocycles. The summed E-state index contributed by atoms with van der Waals surface area (Å²) in [7, 11) is 0. The Labute approximate surface area is 146 Å². The first-order valence-electron chi connectivity index (χ1n) is 7.32. The fourth-order valence-corrected chi connectivity index (χ4v) is 2.70. The third kappa shape index (κ3) is 2.50. The number of nitriles is 2. The quantitative estimate of drug-likeness (QED) is 0.449. The highest BCUT2D eigenvalue weighted by atomic mass is 19.1. The number of benzene rings is 1. The van der Waals surface area contributed by atoms with Crippen molar-refractivity contribution in [3.05, 3.63) is 46.0 Å². The number of nitrogen functional groups attached to an aromatic ring is 2. The van der Waals surface area contributed by atoms with Crippen molar-refractivity contribution in [2.24, 2.45) is 4.99 Å². The Morgan fingerprint density at radius 1 is 1.27 bits per heavy atom. The molecule has 1 aliphatic heterocycles. The van der Waals surface area contributed by atoms with E-state index in [0.29, 0.717) is 0 Å². The first-order valence-corrected chi connectivity index (χ1v) is 7.32. The number of aliphatic imine (C=N–C) groups is 1. The molecule has 0 bridgehead atoms. The summed E-state index contributed by atoms with van der Waals surface area (Å²) in [6, 6.07) is 3.13. The summed E-state index contributed by atoms with van der Waals surface area (Å²) in [6.45, 7) is 1.29. The van der Waals surface area contributed by atoms with E-state index < -0.39 is 17.7 Å². The molecule has 0 fully saturated rings. The van der Waals surface area contributed by atoms with E-state index in [1.54, 1.807) is 6.19 Å². The summed E-state index contributed by atoms with van der Waals surface area (Å²) in [5, 5.41) is 23.1. The Morgan fingerprint density at radius 2 is 2.00 bits per heavy atom. The van der Waals surface area contributed by atoms with E-state index in [4.69, 9.17) is 16.7 Å². The lowest BCUT2D eigenvalue weighted by molar-refractivity contribution is 0.551. The summed E-state index contributed by atoms with van der Waals surface area (Å²) in [5.74, 6) is -1.53. The molecule has 6 N–H and O–H groups in total. The standard InChI is InChI=1S/C16H12F2N8/c1-6-9(17)3-2-7(11(6)18)13-10-12(21)8(4-19)14(22)25-15(10)26-16(24-13)23-5-20/h2-3,13H,1H3,(H6,21,22,23,24,25,26). The van der Waals surface area contributed by atoms with E-state index in [0.717, 1.165) is 6.07 Å². The number of nitrogens with two attached hydrogens (primary N) is 2. The molecule has 0 saturated heterocycles.